The van der Waals surface area contributed by atoms with Crippen LogP contribution in [0.4, 0.5) is 0 Å². The van der Waals surface area contributed by atoms with E-state index in [4.69, 9.17) is 10.5 Å². The lowest BCUT2D eigenvalue weighted by Crippen LogP contribution is -2.49. The number of likely N-dealkylation sites (tertiary alicyclic amines) is 1. The van der Waals surface area contributed by atoms with E-state index in [0.717, 1.165) is 54.0 Å². The van der Waals surface area contributed by atoms with Gasteiger partial charge in [0.25, 0.3) is 0 Å². The van der Waals surface area contributed by atoms with E-state index in [2.05, 4.69) is 27.2 Å². The molecule has 0 unspecified atom stereocenters. The van der Waals surface area contributed by atoms with Gasteiger partial charge in [-0.25, -0.2) is 4.98 Å². The number of nitrogens with two attached hydrogens (primary N) is 1. The number of H-pyrrole nitrogens is 1. The molecule has 2 aromatic heterocycles. The Balaban J connectivity index is 1.33. The van der Waals surface area contributed by atoms with Crippen molar-refractivity contribution in [2.75, 3.05) is 20.1 Å². The number of amides is 1. The van der Waals surface area contributed by atoms with Crippen LogP contribution in [0, 0.1) is 0 Å². The molecule has 1 amide bonds. The van der Waals surface area contributed by atoms with Crippen molar-refractivity contribution in [3.8, 4) is 11.5 Å². The summed E-state index contributed by atoms with van der Waals surface area (Å²) in [4.78, 5) is 22.0. The second kappa shape index (κ2) is 8.63. The molecule has 7 nitrogen and oxygen atoms in total. The van der Waals surface area contributed by atoms with Crippen LogP contribution < -0.4 is 15.8 Å². The van der Waals surface area contributed by atoms with Crippen LogP contribution in [-0.2, 0) is 11.2 Å². The zero-order valence-corrected chi connectivity index (χ0v) is 16.6. The van der Waals surface area contributed by atoms with Gasteiger partial charge < -0.3 is 25.7 Å². The quantitative estimate of drug-likeness (QED) is 0.598. The third kappa shape index (κ3) is 4.75. The number of nitrogens with zero attached hydrogens (tertiary/aromatic N) is 2. The van der Waals surface area contributed by atoms with Crippen LogP contribution in [0.3, 0.4) is 0 Å². The Kier molecular flexibility index (Phi) is 5.78. The van der Waals surface area contributed by atoms with Crippen molar-refractivity contribution >= 4 is 16.9 Å². The van der Waals surface area contributed by atoms with E-state index in [0.29, 0.717) is 6.42 Å². The van der Waals surface area contributed by atoms with Crippen LogP contribution in [0.25, 0.3) is 11.0 Å². The van der Waals surface area contributed by atoms with Crippen molar-refractivity contribution in [1.82, 2.24) is 20.2 Å². The zero-order valence-electron chi connectivity index (χ0n) is 16.6. The van der Waals surface area contributed by atoms with E-state index in [1.165, 1.54) is 0 Å². The number of aromatic amines is 1. The Labute approximate surface area is 170 Å². The lowest BCUT2D eigenvalue weighted by Gasteiger charge is -2.30. The number of hydrogen-bond donors (Lipinski definition) is 3. The highest BCUT2D eigenvalue weighted by molar-refractivity contribution is 5.83. The summed E-state index contributed by atoms with van der Waals surface area (Å²) in [6.45, 7) is 2.02. The van der Waals surface area contributed by atoms with Crippen LogP contribution in [0.1, 0.15) is 18.4 Å². The Hall–Kier alpha value is -2.90. The number of ether oxygens (including phenoxy) is 1. The molecule has 7 heteroatoms. The summed E-state index contributed by atoms with van der Waals surface area (Å²) in [6.07, 6.45) is 6.00. The molecule has 1 fully saturated rings. The van der Waals surface area contributed by atoms with Crippen molar-refractivity contribution in [3.63, 3.8) is 0 Å². The molecule has 1 aliphatic heterocycles. The normalized spacial score (nSPS) is 16.6. The molecule has 0 aliphatic carbocycles. The first-order valence-electron chi connectivity index (χ1n) is 10.0. The molecule has 3 aromatic rings. The van der Waals surface area contributed by atoms with E-state index in [1.54, 1.807) is 6.20 Å². The summed E-state index contributed by atoms with van der Waals surface area (Å²) in [5.74, 6) is 1.40. The predicted molar refractivity (Wildman–Crippen MR) is 113 cm³/mol. The number of hydrogen-bond acceptors (Lipinski definition) is 5. The summed E-state index contributed by atoms with van der Waals surface area (Å²) in [5, 5.41) is 4.03. The first-order valence-corrected chi connectivity index (χ1v) is 10.0. The number of aromatic nitrogens is 2. The smallest absolute Gasteiger partial charge is 0.237 e. The molecule has 3 heterocycles. The van der Waals surface area contributed by atoms with Crippen molar-refractivity contribution in [1.29, 1.82) is 0 Å². The third-order valence-corrected chi connectivity index (χ3v) is 5.43. The molecule has 4 rings (SSSR count). The summed E-state index contributed by atoms with van der Waals surface area (Å²) in [6, 6.07) is 11.2. The summed E-state index contributed by atoms with van der Waals surface area (Å²) >= 11 is 0. The van der Waals surface area contributed by atoms with Gasteiger partial charge in [0.15, 0.2) is 0 Å². The van der Waals surface area contributed by atoms with E-state index >= 15 is 0 Å². The number of carbonyl (C=O) groups is 1. The van der Waals surface area contributed by atoms with Crippen LogP contribution >= 0.6 is 0 Å². The van der Waals surface area contributed by atoms with Gasteiger partial charge in [0.1, 0.15) is 17.1 Å². The van der Waals surface area contributed by atoms with Gasteiger partial charge in [-0.1, -0.05) is 12.1 Å². The number of carbonyl (C=O) groups excluding carboxylic acids is 1. The Bertz CT molecular complexity index is 961. The molecule has 152 valence electrons. The molecular formula is C22H27N5O2. The van der Waals surface area contributed by atoms with Crippen LogP contribution in [0.15, 0.2) is 48.8 Å². The van der Waals surface area contributed by atoms with E-state index < -0.39 is 6.04 Å². The van der Waals surface area contributed by atoms with Crippen LogP contribution in [0.2, 0.25) is 0 Å². The molecule has 29 heavy (non-hydrogen) atoms. The molecule has 1 saturated heterocycles. The van der Waals surface area contributed by atoms with Crippen molar-refractivity contribution < 1.29 is 9.53 Å². The minimum atomic E-state index is -0.555. The topological polar surface area (TPSA) is 96.3 Å². The highest BCUT2D eigenvalue weighted by Crippen LogP contribution is 2.28. The minimum absolute atomic E-state index is 0.0773. The standard InChI is InChI=1S/C22H27N5O2/c1-27-12-8-16(9-13-27)26-22(28)19(23)14-15-2-4-17(5-3-15)29-20-7-11-25-21-18(20)6-10-24-21/h2-7,10-11,16,19H,8-9,12-14,23H2,1H3,(H,24,25)(H,26,28)/t19-/m1/s1. The zero-order chi connectivity index (χ0) is 20.2. The number of benzene rings is 1. The fourth-order valence-electron chi connectivity index (χ4n) is 3.65. The molecule has 4 N–H and O–H groups in total. The molecule has 1 aliphatic rings. The number of pyridine rings is 1. The van der Waals surface area contributed by atoms with Gasteiger partial charge >= 0.3 is 0 Å². The average Bonchev–Trinajstić information content (AvgIpc) is 3.21. The maximum Gasteiger partial charge on any atom is 0.237 e. The molecule has 0 bridgehead atoms. The monoisotopic (exact) mass is 393 g/mol. The largest absolute Gasteiger partial charge is 0.457 e. The SMILES string of the molecule is CN1CCC(NC(=O)[C@H](N)Cc2ccc(Oc3ccnc4[nH]ccc34)cc2)CC1. The van der Waals surface area contributed by atoms with Crippen molar-refractivity contribution in [2.24, 2.45) is 5.73 Å². The van der Waals surface area contributed by atoms with E-state index in [-0.39, 0.29) is 11.9 Å². The number of rotatable bonds is 6. The highest BCUT2D eigenvalue weighted by Gasteiger charge is 2.21. The minimum Gasteiger partial charge on any atom is -0.457 e. The first kappa shape index (κ1) is 19.4. The van der Waals surface area contributed by atoms with Crippen LogP contribution in [-0.4, -0.2) is 53.0 Å². The van der Waals surface area contributed by atoms with E-state index in [1.807, 2.05) is 42.6 Å². The highest BCUT2D eigenvalue weighted by atomic mass is 16.5. The van der Waals surface area contributed by atoms with Gasteiger partial charge in [-0.2, -0.15) is 0 Å². The fraction of sp³-hybridized carbons (Fsp3) is 0.364. The van der Waals surface area contributed by atoms with Gasteiger partial charge in [0.05, 0.1) is 11.4 Å². The van der Waals surface area contributed by atoms with Crippen molar-refractivity contribution in [2.45, 2.75) is 31.3 Å². The number of fused-ring (bicyclic) bond motifs is 1. The molecule has 0 spiro atoms. The van der Waals surface area contributed by atoms with Gasteiger partial charge in [0.2, 0.25) is 5.91 Å². The maximum atomic E-state index is 12.4. The molecule has 1 aromatic carbocycles. The molecule has 1 atom stereocenters. The molecular weight excluding hydrogens is 366 g/mol. The van der Waals surface area contributed by atoms with Crippen LogP contribution in [0.5, 0.6) is 11.5 Å². The second-order valence-electron chi connectivity index (χ2n) is 7.69. The number of nitrogens with one attached hydrogen (secondary N) is 2. The third-order valence-electron chi connectivity index (χ3n) is 5.43. The Morgan fingerprint density at radius 2 is 2.03 bits per heavy atom. The van der Waals surface area contributed by atoms with Gasteiger partial charge in [-0.15, -0.1) is 0 Å². The maximum absolute atomic E-state index is 12.4. The van der Waals surface area contributed by atoms with Gasteiger partial charge in [-0.3, -0.25) is 4.79 Å². The lowest BCUT2D eigenvalue weighted by molar-refractivity contribution is -0.123. The average molecular weight is 393 g/mol. The Morgan fingerprint density at radius 1 is 1.28 bits per heavy atom. The summed E-state index contributed by atoms with van der Waals surface area (Å²) in [7, 11) is 2.10. The second-order valence-corrected chi connectivity index (χ2v) is 7.69. The molecule has 0 saturated carbocycles. The summed E-state index contributed by atoms with van der Waals surface area (Å²) < 4.78 is 5.99. The number of piperidine rings is 1. The fourth-order valence-corrected chi connectivity index (χ4v) is 3.65. The first-order chi connectivity index (χ1) is 14.1. The van der Waals surface area contributed by atoms with Gasteiger partial charge in [-0.05, 0) is 69.2 Å². The van der Waals surface area contributed by atoms with Gasteiger partial charge in [0, 0.05) is 18.4 Å². The van der Waals surface area contributed by atoms with E-state index in [9.17, 15) is 4.79 Å². The molecule has 0 radical (unpaired) electrons. The lowest BCUT2D eigenvalue weighted by atomic mass is 10.0. The summed E-state index contributed by atoms with van der Waals surface area (Å²) in [5.41, 5.74) is 7.94. The van der Waals surface area contributed by atoms with Crippen molar-refractivity contribution in [3.05, 3.63) is 54.4 Å². The Morgan fingerprint density at radius 3 is 2.79 bits per heavy atom. The predicted octanol–water partition coefficient (Wildman–Crippen LogP) is 2.44.